The predicted octanol–water partition coefficient (Wildman–Crippen LogP) is 6.09. The molecule has 1 aliphatic heterocycles. The number of hydrogen-bond acceptors (Lipinski definition) is 7. The van der Waals surface area contributed by atoms with E-state index in [1.807, 2.05) is 49.4 Å². The van der Waals surface area contributed by atoms with E-state index in [1.54, 1.807) is 24.3 Å². The number of hydrogen-bond donors (Lipinski definition) is 1. The molecule has 0 saturated carbocycles. The Hall–Kier alpha value is -3.69. The molecule has 1 atom stereocenters. The van der Waals surface area contributed by atoms with Crippen LogP contribution in [0.15, 0.2) is 76.8 Å². The van der Waals surface area contributed by atoms with Crippen molar-refractivity contribution in [3.63, 3.8) is 0 Å². The molecule has 1 fully saturated rings. The van der Waals surface area contributed by atoms with Gasteiger partial charge in [-0.15, -0.1) is 0 Å². The lowest BCUT2D eigenvalue weighted by Gasteiger charge is -2.23. The first-order valence-electron chi connectivity index (χ1n) is 11.2. The van der Waals surface area contributed by atoms with Crippen LogP contribution in [0.25, 0.3) is 16.0 Å². The summed E-state index contributed by atoms with van der Waals surface area (Å²) in [5, 5.41) is 11.7. The Morgan fingerprint density at radius 2 is 1.86 bits per heavy atom. The highest BCUT2D eigenvalue weighted by Gasteiger charge is 2.48. The smallest absolute Gasteiger partial charge is 0.301 e. The van der Waals surface area contributed by atoms with Gasteiger partial charge in [0.2, 0.25) is 0 Å². The number of thiazole rings is 1. The number of aliphatic hydroxyl groups excluding tert-OH is 1. The third-order valence-electron chi connectivity index (χ3n) is 5.84. The van der Waals surface area contributed by atoms with Crippen molar-refractivity contribution in [1.82, 2.24) is 4.98 Å². The minimum atomic E-state index is -0.865. The molecule has 7 nitrogen and oxygen atoms in total. The Morgan fingerprint density at radius 3 is 2.58 bits per heavy atom. The number of fused-ring (bicyclic) bond motifs is 1. The first-order valence-corrected chi connectivity index (χ1v) is 12.8. The first kappa shape index (κ1) is 24.0. The molecule has 1 N–H and O–H groups in total. The highest BCUT2D eigenvalue weighted by Crippen LogP contribution is 2.45. The number of aliphatic hydroxyl groups is 1. The molecule has 0 aliphatic carbocycles. The lowest BCUT2D eigenvalue weighted by Crippen LogP contribution is -2.29. The van der Waals surface area contributed by atoms with Gasteiger partial charge in [-0.3, -0.25) is 14.5 Å². The van der Waals surface area contributed by atoms with Gasteiger partial charge in [0.25, 0.3) is 5.78 Å². The van der Waals surface area contributed by atoms with E-state index < -0.39 is 17.7 Å². The van der Waals surface area contributed by atoms with Crippen LogP contribution in [0, 0.1) is 0 Å². The molecule has 36 heavy (non-hydrogen) atoms. The number of rotatable bonds is 6. The minimum Gasteiger partial charge on any atom is -0.507 e. The lowest BCUT2D eigenvalue weighted by atomic mass is 9.95. The van der Waals surface area contributed by atoms with Gasteiger partial charge in [0.15, 0.2) is 5.13 Å². The van der Waals surface area contributed by atoms with Gasteiger partial charge in [0.05, 0.1) is 35.5 Å². The van der Waals surface area contributed by atoms with Crippen molar-refractivity contribution in [1.29, 1.82) is 0 Å². The standard InChI is InChI=1S/C27H21BrN2O5S/c1-3-35-19-11-12-20-21(14-19)36-27(29-20)30-23(15-7-9-17(28)10-8-15)22(25(32)26(30)33)24(31)16-5-4-6-18(13-16)34-2/h4-14,23,31H,3H2,1-2H3. The maximum atomic E-state index is 13.4. The van der Waals surface area contributed by atoms with Crippen LogP contribution in [0.1, 0.15) is 24.1 Å². The van der Waals surface area contributed by atoms with Crippen LogP contribution in [-0.4, -0.2) is 35.5 Å². The van der Waals surface area contributed by atoms with Gasteiger partial charge in [-0.2, -0.15) is 0 Å². The first-order chi connectivity index (χ1) is 17.4. The monoisotopic (exact) mass is 564 g/mol. The van der Waals surface area contributed by atoms with Crippen molar-refractivity contribution in [2.75, 3.05) is 18.6 Å². The van der Waals surface area contributed by atoms with Gasteiger partial charge in [-0.25, -0.2) is 4.98 Å². The van der Waals surface area contributed by atoms with Crippen molar-refractivity contribution in [2.24, 2.45) is 0 Å². The van der Waals surface area contributed by atoms with Gasteiger partial charge >= 0.3 is 5.91 Å². The van der Waals surface area contributed by atoms with Crippen LogP contribution < -0.4 is 14.4 Å². The van der Waals surface area contributed by atoms with Crippen molar-refractivity contribution in [2.45, 2.75) is 13.0 Å². The zero-order valence-corrected chi connectivity index (χ0v) is 21.8. The predicted molar refractivity (Wildman–Crippen MR) is 143 cm³/mol. The molecule has 0 bridgehead atoms. The molecule has 1 unspecified atom stereocenters. The number of carbonyl (C=O) groups excluding carboxylic acids is 2. The zero-order valence-electron chi connectivity index (χ0n) is 19.4. The molecule has 9 heteroatoms. The Balaban J connectivity index is 1.69. The van der Waals surface area contributed by atoms with E-state index in [-0.39, 0.29) is 11.3 Å². The third-order valence-corrected chi connectivity index (χ3v) is 7.39. The normalized spacial score (nSPS) is 17.1. The second kappa shape index (κ2) is 9.75. The number of carbonyl (C=O) groups is 2. The van der Waals surface area contributed by atoms with Crippen molar-refractivity contribution < 1.29 is 24.2 Å². The maximum absolute atomic E-state index is 13.4. The van der Waals surface area contributed by atoms with E-state index in [0.29, 0.717) is 39.9 Å². The van der Waals surface area contributed by atoms with Gasteiger partial charge < -0.3 is 14.6 Å². The highest BCUT2D eigenvalue weighted by molar-refractivity contribution is 9.10. The molecule has 1 amide bonds. The van der Waals surface area contributed by atoms with Gasteiger partial charge in [-0.1, -0.05) is 51.5 Å². The number of Topliss-reactive ketones (excluding diaryl/α,β-unsaturated/α-hetero) is 1. The van der Waals surface area contributed by atoms with Crippen molar-refractivity contribution in [3.8, 4) is 11.5 Å². The Labute approximate surface area is 219 Å². The highest BCUT2D eigenvalue weighted by atomic mass is 79.9. The van der Waals surface area contributed by atoms with Crippen LogP contribution >= 0.6 is 27.3 Å². The van der Waals surface area contributed by atoms with E-state index in [2.05, 4.69) is 20.9 Å². The van der Waals surface area contributed by atoms with Crippen molar-refractivity contribution >= 4 is 60.1 Å². The summed E-state index contributed by atoms with van der Waals surface area (Å²) in [7, 11) is 1.52. The van der Waals surface area contributed by atoms with Crippen LogP contribution in [-0.2, 0) is 9.59 Å². The number of anilines is 1. The van der Waals surface area contributed by atoms with Crippen LogP contribution in [0.3, 0.4) is 0 Å². The molecular weight excluding hydrogens is 544 g/mol. The number of methoxy groups -OCH3 is 1. The molecular formula is C27H21BrN2O5S. The van der Waals surface area contributed by atoms with Crippen LogP contribution in [0.5, 0.6) is 11.5 Å². The topological polar surface area (TPSA) is 89.0 Å². The molecule has 1 aliphatic rings. The fraction of sp³-hybridized carbons (Fsp3) is 0.148. The van der Waals surface area contributed by atoms with E-state index in [1.165, 1.54) is 23.3 Å². The number of amides is 1. The number of benzene rings is 3. The number of aromatic nitrogens is 1. The lowest BCUT2D eigenvalue weighted by molar-refractivity contribution is -0.132. The summed E-state index contributed by atoms with van der Waals surface area (Å²) in [5.74, 6) is -0.592. The van der Waals surface area contributed by atoms with Gasteiger partial charge in [0, 0.05) is 10.0 Å². The van der Waals surface area contributed by atoms with E-state index in [9.17, 15) is 14.7 Å². The number of halogens is 1. The SMILES string of the molecule is CCOc1ccc2nc(N3C(=O)C(=O)C(=C(O)c4cccc(OC)c4)C3c3ccc(Br)cc3)sc2c1. The Bertz CT molecular complexity index is 1510. The van der Waals surface area contributed by atoms with Gasteiger partial charge in [0.1, 0.15) is 17.3 Å². The summed E-state index contributed by atoms with van der Waals surface area (Å²) in [6.07, 6.45) is 0. The van der Waals surface area contributed by atoms with Gasteiger partial charge in [-0.05, 0) is 55.0 Å². The van der Waals surface area contributed by atoms with Crippen LogP contribution in [0.4, 0.5) is 5.13 Å². The number of nitrogens with zero attached hydrogens (tertiary/aromatic N) is 2. The molecule has 3 aromatic carbocycles. The fourth-order valence-corrected chi connectivity index (χ4v) is 5.45. The Morgan fingerprint density at radius 1 is 1.08 bits per heavy atom. The number of ketones is 1. The summed E-state index contributed by atoms with van der Waals surface area (Å²) in [4.78, 5) is 32.8. The summed E-state index contributed by atoms with van der Waals surface area (Å²) < 4.78 is 12.5. The third kappa shape index (κ3) is 4.25. The second-order valence-electron chi connectivity index (χ2n) is 8.01. The average molecular weight is 565 g/mol. The fourth-order valence-electron chi connectivity index (χ4n) is 4.17. The van der Waals surface area contributed by atoms with E-state index in [0.717, 1.165) is 9.17 Å². The zero-order chi connectivity index (χ0) is 25.4. The summed E-state index contributed by atoms with van der Waals surface area (Å²) in [5.41, 5.74) is 1.71. The second-order valence-corrected chi connectivity index (χ2v) is 9.94. The molecule has 4 aromatic rings. The molecule has 1 aromatic heterocycles. The van der Waals surface area contributed by atoms with E-state index >= 15 is 0 Å². The summed E-state index contributed by atoms with van der Waals surface area (Å²) >= 11 is 4.72. The molecule has 5 rings (SSSR count). The molecule has 0 radical (unpaired) electrons. The quantitative estimate of drug-likeness (QED) is 0.173. The average Bonchev–Trinajstić information content (AvgIpc) is 3.42. The maximum Gasteiger partial charge on any atom is 0.301 e. The largest absolute Gasteiger partial charge is 0.507 e. The molecule has 1 saturated heterocycles. The van der Waals surface area contributed by atoms with Crippen LogP contribution in [0.2, 0.25) is 0 Å². The number of ether oxygens (including phenoxy) is 2. The molecule has 182 valence electrons. The molecule has 2 heterocycles. The van der Waals surface area contributed by atoms with E-state index in [4.69, 9.17) is 9.47 Å². The summed E-state index contributed by atoms with van der Waals surface area (Å²) in [6, 6.07) is 18.6. The van der Waals surface area contributed by atoms with Crippen molar-refractivity contribution in [3.05, 3.63) is 87.9 Å². The summed E-state index contributed by atoms with van der Waals surface area (Å²) in [6.45, 7) is 2.43. The minimum absolute atomic E-state index is 0.00941. The Kier molecular flexibility index (Phi) is 6.51. The molecule has 0 spiro atoms.